The van der Waals surface area contributed by atoms with Gasteiger partial charge < -0.3 is 9.47 Å². The van der Waals surface area contributed by atoms with Crippen LogP contribution in [0.15, 0.2) is 24.3 Å². The molecule has 0 aliphatic carbocycles. The second kappa shape index (κ2) is 8.76. The Bertz CT molecular complexity index is 396. The van der Waals surface area contributed by atoms with Gasteiger partial charge in [-0.25, -0.2) is 0 Å². The predicted molar refractivity (Wildman–Crippen MR) is 81.7 cm³/mol. The van der Waals surface area contributed by atoms with E-state index in [-0.39, 0.29) is 0 Å². The molecule has 2 nitrogen and oxygen atoms in total. The molecule has 2 heteroatoms. The smallest absolute Gasteiger partial charge is 0.126 e. The van der Waals surface area contributed by atoms with Gasteiger partial charge >= 0.3 is 0 Å². The number of hydrogen-bond acceptors (Lipinski definition) is 2. The van der Waals surface area contributed by atoms with Crippen molar-refractivity contribution in [2.24, 2.45) is 5.92 Å². The Balaban J connectivity index is 2.42. The van der Waals surface area contributed by atoms with Crippen LogP contribution in [-0.2, 0) is 4.74 Å². The molecule has 0 heterocycles. The van der Waals surface area contributed by atoms with Crippen molar-refractivity contribution in [1.82, 2.24) is 0 Å². The van der Waals surface area contributed by atoms with Gasteiger partial charge in [0.2, 0.25) is 0 Å². The molecule has 1 aromatic carbocycles. The van der Waals surface area contributed by atoms with E-state index in [0.29, 0.717) is 5.92 Å². The second-order valence-electron chi connectivity index (χ2n) is 5.14. The minimum absolute atomic E-state index is 0.645. The number of benzene rings is 1. The maximum atomic E-state index is 5.36. The third-order valence-corrected chi connectivity index (χ3v) is 3.20. The third kappa shape index (κ3) is 5.93. The topological polar surface area (TPSA) is 18.5 Å². The Kier molecular flexibility index (Phi) is 7.27. The molecule has 0 radical (unpaired) electrons. The zero-order valence-electron chi connectivity index (χ0n) is 12.6. The average Bonchev–Trinajstić information content (AvgIpc) is 2.39. The molecule has 0 spiro atoms. The third-order valence-electron chi connectivity index (χ3n) is 3.20. The summed E-state index contributed by atoms with van der Waals surface area (Å²) in [7, 11) is 3.48. The van der Waals surface area contributed by atoms with Crippen LogP contribution in [0.4, 0.5) is 0 Å². The van der Waals surface area contributed by atoms with E-state index in [0.717, 1.165) is 24.3 Å². The number of methoxy groups -OCH3 is 2. The first-order valence-electron chi connectivity index (χ1n) is 6.97. The summed E-state index contributed by atoms with van der Waals surface area (Å²) in [6.07, 6.45) is 7.91. The monoisotopic (exact) mass is 262 g/mol. The van der Waals surface area contributed by atoms with Gasteiger partial charge in [0.05, 0.1) is 7.11 Å². The fraction of sp³-hybridized carbons (Fsp3) is 0.529. The highest BCUT2D eigenvalue weighted by atomic mass is 16.5. The molecule has 19 heavy (non-hydrogen) atoms. The highest BCUT2D eigenvalue weighted by Gasteiger charge is 2.01. The molecule has 0 aliphatic rings. The van der Waals surface area contributed by atoms with Crippen LogP contribution in [-0.4, -0.2) is 20.8 Å². The van der Waals surface area contributed by atoms with Gasteiger partial charge in [0.1, 0.15) is 5.75 Å². The van der Waals surface area contributed by atoms with Gasteiger partial charge in [-0.15, -0.1) is 0 Å². The molecule has 1 atom stereocenters. The predicted octanol–water partition coefficient (Wildman–Crippen LogP) is 4.47. The van der Waals surface area contributed by atoms with Gasteiger partial charge in [-0.3, -0.25) is 0 Å². The van der Waals surface area contributed by atoms with Crippen LogP contribution in [0, 0.1) is 12.8 Å². The second-order valence-corrected chi connectivity index (χ2v) is 5.14. The van der Waals surface area contributed by atoms with Crippen LogP contribution in [0.2, 0.25) is 0 Å². The molecule has 0 aromatic heterocycles. The molecule has 0 saturated heterocycles. The number of rotatable bonds is 8. The van der Waals surface area contributed by atoms with Gasteiger partial charge in [-0.2, -0.15) is 0 Å². The SMILES string of the molecule is COC[C@@H](C)CCC/C=C/c1cc(C)ccc1OC. The highest BCUT2D eigenvalue weighted by molar-refractivity contribution is 5.58. The molecule has 0 fully saturated rings. The summed E-state index contributed by atoms with van der Waals surface area (Å²) >= 11 is 0. The lowest BCUT2D eigenvalue weighted by molar-refractivity contribution is 0.155. The first-order valence-corrected chi connectivity index (χ1v) is 6.97. The Morgan fingerprint density at radius 3 is 2.74 bits per heavy atom. The fourth-order valence-corrected chi connectivity index (χ4v) is 2.15. The van der Waals surface area contributed by atoms with Crippen LogP contribution >= 0.6 is 0 Å². The first-order chi connectivity index (χ1) is 9.17. The molecule has 0 saturated carbocycles. The van der Waals surface area contributed by atoms with E-state index >= 15 is 0 Å². The summed E-state index contributed by atoms with van der Waals surface area (Å²) in [5, 5.41) is 0. The maximum absolute atomic E-state index is 5.36. The maximum Gasteiger partial charge on any atom is 0.126 e. The molecule has 1 aromatic rings. The Morgan fingerprint density at radius 2 is 2.05 bits per heavy atom. The highest BCUT2D eigenvalue weighted by Crippen LogP contribution is 2.21. The van der Waals surface area contributed by atoms with Crippen LogP contribution < -0.4 is 4.74 Å². The lowest BCUT2D eigenvalue weighted by atomic mass is 10.0. The van der Waals surface area contributed by atoms with Crippen molar-refractivity contribution in [2.75, 3.05) is 20.8 Å². The molecule has 0 amide bonds. The molecule has 0 unspecified atom stereocenters. The number of ether oxygens (including phenoxy) is 2. The molecular formula is C17H26O2. The van der Waals surface area contributed by atoms with Gasteiger partial charge in [0.25, 0.3) is 0 Å². The fourth-order valence-electron chi connectivity index (χ4n) is 2.15. The van der Waals surface area contributed by atoms with Gasteiger partial charge in [-0.05, 0) is 44.2 Å². The van der Waals surface area contributed by atoms with Gasteiger partial charge in [-0.1, -0.05) is 30.7 Å². The Morgan fingerprint density at radius 1 is 1.26 bits per heavy atom. The number of allylic oxidation sites excluding steroid dienone is 1. The van der Waals surface area contributed by atoms with E-state index < -0.39 is 0 Å². The van der Waals surface area contributed by atoms with Crippen LogP contribution in [0.1, 0.15) is 37.3 Å². The summed E-state index contributed by atoms with van der Waals surface area (Å²) in [5.74, 6) is 1.58. The van der Waals surface area contributed by atoms with Crippen molar-refractivity contribution >= 4 is 6.08 Å². The zero-order chi connectivity index (χ0) is 14.1. The molecule has 0 N–H and O–H groups in total. The van der Waals surface area contributed by atoms with Crippen molar-refractivity contribution in [3.05, 3.63) is 35.4 Å². The van der Waals surface area contributed by atoms with Crippen molar-refractivity contribution in [3.63, 3.8) is 0 Å². The normalized spacial score (nSPS) is 12.8. The van der Waals surface area contributed by atoms with Crippen molar-refractivity contribution in [2.45, 2.75) is 33.1 Å². The Labute approximate surface area is 117 Å². The van der Waals surface area contributed by atoms with Crippen molar-refractivity contribution < 1.29 is 9.47 Å². The van der Waals surface area contributed by atoms with E-state index in [2.05, 4.69) is 38.1 Å². The van der Waals surface area contributed by atoms with E-state index in [1.807, 2.05) is 6.07 Å². The van der Waals surface area contributed by atoms with Crippen molar-refractivity contribution in [1.29, 1.82) is 0 Å². The summed E-state index contributed by atoms with van der Waals surface area (Å²) in [6.45, 7) is 5.19. The van der Waals surface area contributed by atoms with E-state index in [1.54, 1.807) is 14.2 Å². The summed E-state index contributed by atoms with van der Waals surface area (Å²) in [4.78, 5) is 0. The largest absolute Gasteiger partial charge is 0.496 e. The van der Waals surface area contributed by atoms with Gasteiger partial charge in [0, 0.05) is 19.3 Å². The number of aryl methyl sites for hydroxylation is 1. The van der Waals surface area contributed by atoms with Crippen molar-refractivity contribution in [3.8, 4) is 5.75 Å². The van der Waals surface area contributed by atoms with Gasteiger partial charge in [0.15, 0.2) is 0 Å². The molecule has 1 rings (SSSR count). The van der Waals surface area contributed by atoms with Crippen LogP contribution in [0.5, 0.6) is 5.75 Å². The minimum atomic E-state index is 0.645. The van der Waals surface area contributed by atoms with E-state index in [9.17, 15) is 0 Å². The molecule has 0 aliphatic heterocycles. The Hall–Kier alpha value is -1.28. The van der Waals surface area contributed by atoms with E-state index in [1.165, 1.54) is 18.4 Å². The van der Waals surface area contributed by atoms with Crippen LogP contribution in [0.3, 0.4) is 0 Å². The quantitative estimate of drug-likeness (QED) is 0.643. The van der Waals surface area contributed by atoms with E-state index in [4.69, 9.17) is 9.47 Å². The minimum Gasteiger partial charge on any atom is -0.496 e. The summed E-state index contributed by atoms with van der Waals surface area (Å²) in [5.41, 5.74) is 2.42. The lowest BCUT2D eigenvalue weighted by Gasteiger charge is -2.08. The number of hydrogen-bond donors (Lipinski definition) is 0. The molecule has 0 bridgehead atoms. The van der Waals surface area contributed by atoms with Crippen LogP contribution in [0.25, 0.3) is 6.08 Å². The molecule has 106 valence electrons. The zero-order valence-corrected chi connectivity index (χ0v) is 12.6. The summed E-state index contributed by atoms with van der Waals surface area (Å²) in [6, 6.07) is 6.25. The standard InChI is InChI=1S/C17H26O2/c1-14-10-11-17(19-4)16(12-14)9-7-5-6-8-15(2)13-18-3/h7,9-12,15H,5-6,8,13H2,1-4H3/b9-7+/t15-/m0/s1. The number of unbranched alkanes of at least 4 members (excludes halogenated alkanes) is 1. The summed E-state index contributed by atoms with van der Waals surface area (Å²) < 4.78 is 10.5. The lowest BCUT2D eigenvalue weighted by Crippen LogP contribution is -2.02. The first kappa shape index (κ1) is 15.8. The average molecular weight is 262 g/mol. The molecular weight excluding hydrogens is 236 g/mol.